The first kappa shape index (κ1) is 22.6. The molecule has 8 nitrogen and oxygen atoms in total. The molecule has 9 heteroatoms. The van der Waals surface area contributed by atoms with Crippen molar-refractivity contribution in [3.63, 3.8) is 0 Å². The summed E-state index contributed by atoms with van der Waals surface area (Å²) in [6.45, 7) is 4.19. The van der Waals surface area contributed by atoms with Crippen LogP contribution in [0.15, 0.2) is 66.5 Å². The molecule has 0 aliphatic carbocycles. The van der Waals surface area contributed by atoms with Gasteiger partial charge >= 0.3 is 5.91 Å². The number of hydrogen-bond acceptors (Lipinski definition) is 6. The van der Waals surface area contributed by atoms with E-state index in [1.54, 1.807) is 42.7 Å². The number of carbonyl (C=O) groups is 2. The van der Waals surface area contributed by atoms with E-state index in [-0.39, 0.29) is 22.1 Å². The Bertz CT molecular complexity index is 1500. The molecule has 0 radical (unpaired) electrons. The van der Waals surface area contributed by atoms with E-state index in [1.807, 2.05) is 32.0 Å². The minimum atomic E-state index is -0.975. The van der Waals surface area contributed by atoms with Gasteiger partial charge in [0.15, 0.2) is 0 Å². The van der Waals surface area contributed by atoms with Crippen molar-refractivity contribution in [3.8, 4) is 5.75 Å². The van der Waals surface area contributed by atoms with Crippen molar-refractivity contribution in [1.29, 1.82) is 0 Å². The topological polar surface area (TPSA) is 108 Å². The average Bonchev–Trinajstić information content (AvgIpc) is 3.38. The number of H-pyrrole nitrogens is 1. The van der Waals surface area contributed by atoms with Crippen LogP contribution < -0.4 is 9.64 Å². The summed E-state index contributed by atoms with van der Waals surface area (Å²) in [5.74, 6) is -1.43. The third kappa shape index (κ3) is 3.91. The predicted molar refractivity (Wildman–Crippen MR) is 132 cm³/mol. The third-order valence-electron chi connectivity index (χ3n) is 5.80. The van der Waals surface area contributed by atoms with Gasteiger partial charge in [-0.25, -0.2) is 4.98 Å². The minimum Gasteiger partial charge on any atom is -0.507 e. The second kappa shape index (κ2) is 8.88. The number of aromatic nitrogens is 3. The zero-order chi connectivity index (χ0) is 24.7. The Balaban J connectivity index is 1.72. The number of aryl methyl sites for hydroxylation is 1. The number of aliphatic hydroxyl groups excluding tert-OH is 1. The first-order valence-corrected chi connectivity index (χ1v) is 11.4. The molecule has 1 aliphatic rings. The van der Waals surface area contributed by atoms with Gasteiger partial charge in [0.2, 0.25) is 5.95 Å². The molecule has 4 aromatic rings. The zero-order valence-electron chi connectivity index (χ0n) is 18.9. The lowest BCUT2D eigenvalue weighted by Crippen LogP contribution is -2.30. The average molecular weight is 489 g/mol. The molecular formula is C26H21ClN4O4. The van der Waals surface area contributed by atoms with Gasteiger partial charge in [-0.2, -0.15) is 0 Å². The smallest absolute Gasteiger partial charge is 0.302 e. The lowest BCUT2D eigenvalue weighted by atomic mass is 9.96. The van der Waals surface area contributed by atoms with Crippen LogP contribution in [-0.2, 0) is 9.59 Å². The maximum atomic E-state index is 13.3. The van der Waals surface area contributed by atoms with Crippen LogP contribution in [0.25, 0.3) is 16.8 Å². The Morgan fingerprint density at radius 1 is 1.20 bits per heavy atom. The maximum Gasteiger partial charge on any atom is 0.302 e. The van der Waals surface area contributed by atoms with E-state index in [0.717, 1.165) is 11.1 Å². The van der Waals surface area contributed by atoms with E-state index in [1.165, 1.54) is 4.90 Å². The molecule has 3 heterocycles. The maximum absolute atomic E-state index is 13.3. The number of anilines is 1. The number of aromatic amines is 1. The number of aliphatic hydroxyl groups is 1. The summed E-state index contributed by atoms with van der Waals surface area (Å²) >= 11 is 6.38. The summed E-state index contributed by atoms with van der Waals surface area (Å²) in [5, 5.41) is 11.6. The van der Waals surface area contributed by atoms with Gasteiger partial charge in [-0.1, -0.05) is 23.7 Å². The summed E-state index contributed by atoms with van der Waals surface area (Å²) < 4.78 is 5.53. The fourth-order valence-electron chi connectivity index (χ4n) is 4.22. The molecule has 1 saturated heterocycles. The van der Waals surface area contributed by atoms with E-state index < -0.39 is 23.5 Å². The highest BCUT2D eigenvalue weighted by molar-refractivity contribution is 6.51. The Morgan fingerprint density at radius 3 is 2.77 bits per heavy atom. The third-order valence-corrected chi connectivity index (χ3v) is 6.13. The number of fused-ring (bicyclic) bond motifs is 1. The molecule has 1 aliphatic heterocycles. The number of pyridine rings is 1. The molecule has 2 aromatic heterocycles. The van der Waals surface area contributed by atoms with Gasteiger partial charge < -0.3 is 14.8 Å². The van der Waals surface area contributed by atoms with Gasteiger partial charge in [-0.3, -0.25) is 19.5 Å². The number of carbonyl (C=O) groups excluding carboxylic acids is 2. The lowest BCUT2D eigenvalue weighted by Gasteiger charge is -2.22. The van der Waals surface area contributed by atoms with Gasteiger partial charge in [0.05, 0.1) is 34.3 Å². The molecule has 1 amide bonds. The molecular weight excluding hydrogens is 468 g/mol. The van der Waals surface area contributed by atoms with Crippen LogP contribution >= 0.6 is 11.6 Å². The highest BCUT2D eigenvalue weighted by Crippen LogP contribution is 2.42. The van der Waals surface area contributed by atoms with Crippen molar-refractivity contribution >= 4 is 46.0 Å². The van der Waals surface area contributed by atoms with Crippen LogP contribution in [0.5, 0.6) is 5.75 Å². The summed E-state index contributed by atoms with van der Waals surface area (Å²) in [5.41, 5.74) is 2.98. The van der Waals surface area contributed by atoms with Crippen LogP contribution in [-0.4, -0.2) is 38.4 Å². The highest BCUT2D eigenvalue weighted by Gasteiger charge is 2.48. The van der Waals surface area contributed by atoms with Crippen LogP contribution in [0.2, 0.25) is 5.02 Å². The van der Waals surface area contributed by atoms with E-state index in [0.29, 0.717) is 23.4 Å². The molecule has 35 heavy (non-hydrogen) atoms. The van der Waals surface area contributed by atoms with E-state index in [9.17, 15) is 14.7 Å². The molecule has 2 aromatic carbocycles. The molecule has 1 fully saturated rings. The Hall–Kier alpha value is -4.17. The van der Waals surface area contributed by atoms with Gasteiger partial charge in [-0.05, 0) is 61.4 Å². The monoisotopic (exact) mass is 488 g/mol. The minimum absolute atomic E-state index is 0.116. The fraction of sp³-hybridized carbons (Fsp3) is 0.154. The van der Waals surface area contributed by atoms with E-state index in [4.69, 9.17) is 16.3 Å². The van der Waals surface area contributed by atoms with Crippen molar-refractivity contribution in [3.05, 3.63) is 88.2 Å². The number of halogens is 1. The number of ketones is 1. The van der Waals surface area contributed by atoms with Gasteiger partial charge in [0.1, 0.15) is 11.5 Å². The number of Topliss-reactive ketones (excluding diaryl/α,β-unsaturated/α-hetero) is 1. The molecule has 176 valence electrons. The van der Waals surface area contributed by atoms with Gasteiger partial charge in [-0.15, -0.1) is 0 Å². The number of imidazole rings is 1. The molecule has 0 saturated carbocycles. The van der Waals surface area contributed by atoms with E-state index >= 15 is 0 Å². The number of ether oxygens (including phenoxy) is 1. The predicted octanol–water partition coefficient (Wildman–Crippen LogP) is 4.94. The second-order valence-electron chi connectivity index (χ2n) is 8.11. The number of nitrogens with zero attached hydrogens (tertiary/aromatic N) is 3. The molecule has 0 spiro atoms. The first-order valence-electron chi connectivity index (χ1n) is 11.0. The lowest BCUT2D eigenvalue weighted by molar-refractivity contribution is -0.132. The van der Waals surface area contributed by atoms with Crippen molar-refractivity contribution in [2.75, 3.05) is 11.5 Å². The summed E-state index contributed by atoms with van der Waals surface area (Å²) in [6, 6.07) is 12.9. The molecule has 0 bridgehead atoms. The van der Waals surface area contributed by atoms with Crippen LogP contribution in [0.1, 0.15) is 29.7 Å². The number of benzene rings is 2. The summed E-state index contributed by atoms with van der Waals surface area (Å²) in [7, 11) is 0. The van der Waals surface area contributed by atoms with Crippen molar-refractivity contribution in [2.45, 2.75) is 19.9 Å². The number of rotatable bonds is 5. The van der Waals surface area contributed by atoms with Crippen molar-refractivity contribution < 1.29 is 19.4 Å². The van der Waals surface area contributed by atoms with Crippen molar-refractivity contribution in [2.24, 2.45) is 0 Å². The molecule has 1 atom stereocenters. The molecule has 2 N–H and O–H groups in total. The van der Waals surface area contributed by atoms with Crippen molar-refractivity contribution in [1.82, 2.24) is 15.0 Å². The number of nitrogens with one attached hydrogen (secondary N) is 1. The number of hydrogen-bond donors (Lipinski definition) is 2. The van der Waals surface area contributed by atoms with Gasteiger partial charge in [0.25, 0.3) is 5.78 Å². The Labute approximate surface area is 205 Å². The zero-order valence-corrected chi connectivity index (χ0v) is 19.7. The van der Waals surface area contributed by atoms with Crippen LogP contribution in [0.3, 0.4) is 0 Å². The summed E-state index contributed by atoms with van der Waals surface area (Å²) in [4.78, 5) is 39.7. The second-order valence-corrected chi connectivity index (χ2v) is 8.52. The van der Waals surface area contributed by atoms with Crippen LogP contribution in [0, 0.1) is 6.92 Å². The first-order chi connectivity index (χ1) is 16.9. The molecule has 5 rings (SSSR count). The van der Waals surface area contributed by atoms with E-state index in [2.05, 4.69) is 15.0 Å². The Morgan fingerprint density at radius 2 is 2.03 bits per heavy atom. The fourth-order valence-corrected chi connectivity index (χ4v) is 4.42. The largest absolute Gasteiger partial charge is 0.507 e. The van der Waals surface area contributed by atoms with Crippen LogP contribution in [0.4, 0.5) is 5.95 Å². The normalized spacial score (nSPS) is 17.3. The highest BCUT2D eigenvalue weighted by atomic mass is 35.5. The SMILES string of the molecule is CCOc1ccc(Cl)c(/C(O)=C2\C(=O)C(=O)N(c3nc4ccc(C)cc4[nH]3)C2c2cccnc2)c1. The van der Waals surface area contributed by atoms with Gasteiger partial charge in [0, 0.05) is 18.0 Å². The quantitative estimate of drug-likeness (QED) is 0.234. The standard InChI is InChI=1S/C26H21ClN4O4/c1-3-35-16-7-8-18(27)17(12-16)23(32)21-22(15-5-4-10-28-13-15)31(25(34)24(21)33)26-29-19-9-6-14(2)11-20(19)30-26/h4-13,22,32H,3H2,1-2H3,(H,29,30)/b23-21+. The molecule has 1 unspecified atom stereocenters. The Kier molecular flexibility index (Phi) is 5.74. The summed E-state index contributed by atoms with van der Waals surface area (Å²) in [6.07, 6.45) is 3.13. The number of amides is 1.